The zero-order chi connectivity index (χ0) is 22.0. The molecule has 1 atom stereocenters. The van der Waals surface area contributed by atoms with E-state index in [-0.39, 0.29) is 11.7 Å². The van der Waals surface area contributed by atoms with Crippen LogP contribution in [-0.2, 0) is 17.6 Å². The largest absolute Gasteiger partial charge is 0.365 e. The van der Waals surface area contributed by atoms with Crippen LogP contribution in [0, 0.1) is 12.8 Å². The van der Waals surface area contributed by atoms with E-state index in [4.69, 9.17) is 5.73 Å². The molecular weight excluding hydrogens is 450 g/mol. The van der Waals surface area contributed by atoms with Gasteiger partial charge in [0.15, 0.2) is 4.34 Å². The van der Waals surface area contributed by atoms with Gasteiger partial charge in [-0.15, -0.1) is 21.5 Å². The summed E-state index contributed by atoms with van der Waals surface area (Å²) >= 11 is 4.17. The van der Waals surface area contributed by atoms with Crippen molar-refractivity contribution in [1.29, 1.82) is 0 Å². The first-order chi connectivity index (χ1) is 14.9. The Labute approximate surface area is 192 Å². The van der Waals surface area contributed by atoms with Crippen molar-refractivity contribution >= 4 is 62.1 Å². The lowest BCUT2D eigenvalue weighted by atomic mass is 9.88. The minimum atomic E-state index is -0.481. The van der Waals surface area contributed by atoms with Crippen molar-refractivity contribution in [3.05, 3.63) is 45.8 Å². The molecule has 4 rings (SSSR count). The number of rotatable bonds is 7. The quantitative estimate of drug-likeness (QED) is 0.432. The molecule has 3 aromatic rings. The molecule has 0 fully saturated rings. The van der Waals surface area contributed by atoms with Crippen LogP contribution in [0.3, 0.4) is 0 Å². The summed E-state index contributed by atoms with van der Waals surface area (Å²) in [5.74, 6) is 0.0792. The van der Waals surface area contributed by atoms with E-state index in [0.29, 0.717) is 26.0 Å². The molecule has 162 valence electrons. The Kier molecular flexibility index (Phi) is 6.59. The third-order valence-electron chi connectivity index (χ3n) is 5.05. The highest BCUT2D eigenvalue weighted by Crippen LogP contribution is 2.39. The van der Waals surface area contributed by atoms with Crippen LogP contribution in [0.4, 0.5) is 15.8 Å². The number of benzene rings is 1. The summed E-state index contributed by atoms with van der Waals surface area (Å²) in [6.07, 6.45) is 2.78. The number of nitrogens with zero attached hydrogens (tertiary/aromatic N) is 2. The van der Waals surface area contributed by atoms with Gasteiger partial charge in [-0.05, 0) is 49.8 Å². The average molecular weight is 474 g/mol. The second-order valence-corrected chi connectivity index (χ2v) is 10.9. The van der Waals surface area contributed by atoms with Crippen LogP contribution >= 0.6 is 34.4 Å². The molecule has 4 N–H and O–H groups in total. The fourth-order valence-corrected chi connectivity index (χ4v) is 6.47. The molecule has 0 bridgehead atoms. The van der Waals surface area contributed by atoms with E-state index in [9.17, 15) is 9.59 Å². The van der Waals surface area contributed by atoms with Gasteiger partial charge in [-0.2, -0.15) is 0 Å². The van der Waals surface area contributed by atoms with Gasteiger partial charge in [-0.3, -0.25) is 9.59 Å². The molecule has 0 unspecified atom stereocenters. The Hall–Kier alpha value is -2.43. The number of amides is 2. The molecule has 0 spiro atoms. The summed E-state index contributed by atoms with van der Waals surface area (Å²) in [7, 11) is 0. The molecule has 0 saturated carbocycles. The van der Waals surface area contributed by atoms with Crippen LogP contribution < -0.4 is 16.4 Å². The van der Waals surface area contributed by atoms with Crippen LogP contribution in [0.1, 0.15) is 39.7 Å². The van der Waals surface area contributed by atoms with Gasteiger partial charge in [0.2, 0.25) is 11.0 Å². The van der Waals surface area contributed by atoms with Crippen LogP contribution in [0.2, 0.25) is 0 Å². The number of nitrogens with two attached hydrogens (primary N) is 1. The zero-order valence-corrected chi connectivity index (χ0v) is 19.7. The van der Waals surface area contributed by atoms with Crippen molar-refractivity contribution in [2.75, 3.05) is 16.4 Å². The minimum absolute atomic E-state index is 0.177. The van der Waals surface area contributed by atoms with Gasteiger partial charge in [0.1, 0.15) is 5.00 Å². The molecule has 1 aromatic carbocycles. The minimum Gasteiger partial charge on any atom is -0.365 e. The second kappa shape index (κ2) is 9.37. The second-order valence-electron chi connectivity index (χ2n) is 7.62. The van der Waals surface area contributed by atoms with Crippen LogP contribution in [0.25, 0.3) is 0 Å². The van der Waals surface area contributed by atoms with Gasteiger partial charge in [-0.25, -0.2) is 0 Å². The lowest BCUT2D eigenvalue weighted by Gasteiger charge is -2.18. The first-order valence-electron chi connectivity index (χ1n) is 9.93. The van der Waals surface area contributed by atoms with Gasteiger partial charge in [0.05, 0.1) is 11.3 Å². The summed E-state index contributed by atoms with van der Waals surface area (Å²) in [6.45, 7) is 4.23. The fraction of sp³-hybridized carbons (Fsp3) is 0.333. The first kappa shape index (κ1) is 21.8. The summed E-state index contributed by atoms with van der Waals surface area (Å²) in [5.41, 5.74) is 9.23. The van der Waals surface area contributed by atoms with Crippen molar-refractivity contribution in [2.45, 2.75) is 37.4 Å². The first-order valence-corrected chi connectivity index (χ1v) is 12.5. The number of aromatic nitrogens is 2. The van der Waals surface area contributed by atoms with Crippen LogP contribution in [-0.4, -0.2) is 27.8 Å². The molecule has 0 radical (unpaired) electrons. The van der Waals surface area contributed by atoms with E-state index in [2.05, 4.69) is 27.8 Å². The molecule has 10 heteroatoms. The third-order valence-corrected chi connectivity index (χ3v) is 8.19. The predicted octanol–water partition coefficient (Wildman–Crippen LogP) is 4.61. The highest BCUT2D eigenvalue weighted by atomic mass is 32.2. The standard InChI is InChI=1S/C21H23N5O2S3/c1-11-3-6-13(7-4-11)23-20-25-26-21(31-20)29-10-16(27)24-19-17(18(22)28)14-8-5-12(2)9-15(14)30-19/h3-4,6-7,12H,5,8-10H2,1-2H3,(H2,22,28)(H,23,25)(H,24,27)/t12-/m0/s1. The number of fused-ring (bicyclic) bond motifs is 1. The smallest absolute Gasteiger partial charge is 0.251 e. The van der Waals surface area contributed by atoms with E-state index in [1.807, 2.05) is 31.2 Å². The molecule has 0 saturated heterocycles. The number of hydrogen-bond donors (Lipinski definition) is 3. The number of nitrogens with one attached hydrogen (secondary N) is 2. The molecule has 2 heterocycles. The molecular formula is C21H23N5O2S3. The molecule has 0 aliphatic heterocycles. The van der Waals surface area contributed by atoms with Crippen LogP contribution in [0.15, 0.2) is 28.6 Å². The van der Waals surface area contributed by atoms with E-state index in [1.165, 1.54) is 40.0 Å². The summed E-state index contributed by atoms with van der Waals surface area (Å²) < 4.78 is 0.694. The lowest BCUT2D eigenvalue weighted by Crippen LogP contribution is -2.20. The number of anilines is 3. The fourth-order valence-electron chi connectivity index (χ4n) is 3.47. The van der Waals surface area contributed by atoms with E-state index < -0.39 is 5.91 Å². The number of carbonyl (C=O) groups is 2. The maximum atomic E-state index is 12.5. The number of aryl methyl sites for hydroxylation is 1. The molecule has 7 nitrogen and oxygen atoms in total. The summed E-state index contributed by atoms with van der Waals surface area (Å²) in [5, 5.41) is 15.6. The number of hydrogen-bond acceptors (Lipinski definition) is 8. The molecule has 1 aliphatic carbocycles. The number of thioether (sulfide) groups is 1. The highest BCUT2D eigenvalue weighted by Gasteiger charge is 2.27. The molecule has 31 heavy (non-hydrogen) atoms. The highest BCUT2D eigenvalue weighted by molar-refractivity contribution is 8.01. The van der Waals surface area contributed by atoms with E-state index >= 15 is 0 Å². The van der Waals surface area contributed by atoms with Crippen LogP contribution in [0.5, 0.6) is 0 Å². The van der Waals surface area contributed by atoms with Gasteiger partial charge >= 0.3 is 0 Å². The van der Waals surface area contributed by atoms with Crippen molar-refractivity contribution in [3.8, 4) is 0 Å². The topological polar surface area (TPSA) is 110 Å². The Morgan fingerprint density at radius 3 is 2.74 bits per heavy atom. The monoisotopic (exact) mass is 473 g/mol. The maximum Gasteiger partial charge on any atom is 0.251 e. The lowest BCUT2D eigenvalue weighted by molar-refractivity contribution is -0.113. The normalized spacial score (nSPS) is 15.4. The van der Waals surface area contributed by atoms with Gasteiger partial charge < -0.3 is 16.4 Å². The van der Waals surface area contributed by atoms with Gasteiger partial charge in [-0.1, -0.05) is 47.7 Å². The van der Waals surface area contributed by atoms with Crippen molar-refractivity contribution in [2.24, 2.45) is 11.7 Å². The Morgan fingerprint density at radius 2 is 2.00 bits per heavy atom. The average Bonchev–Trinajstić information content (AvgIpc) is 3.31. The number of carbonyl (C=O) groups excluding carboxylic acids is 2. The van der Waals surface area contributed by atoms with Crippen molar-refractivity contribution in [3.63, 3.8) is 0 Å². The Bertz CT molecular complexity index is 1110. The number of primary amides is 1. The van der Waals surface area contributed by atoms with E-state index in [0.717, 1.165) is 35.4 Å². The molecule has 2 aromatic heterocycles. The SMILES string of the molecule is Cc1ccc(Nc2nnc(SCC(=O)Nc3sc4c(c3C(N)=O)CC[C@H](C)C4)s2)cc1. The maximum absolute atomic E-state index is 12.5. The van der Waals surface area contributed by atoms with Gasteiger partial charge in [0.25, 0.3) is 5.91 Å². The third kappa shape index (κ3) is 5.25. The zero-order valence-electron chi connectivity index (χ0n) is 17.2. The predicted molar refractivity (Wildman–Crippen MR) is 128 cm³/mol. The van der Waals surface area contributed by atoms with Crippen molar-refractivity contribution < 1.29 is 9.59 Å². The van der Waals surface area contributed by atoms with E-state index in [1.54, 1.807) is 0 Å². The summed E-state index contributed by atoms with van der Waals surface area (Å²) in [4.78, 5) is 25.7. The Morgan fingerprint density at radius 1 is 1.23 bits per heavy atom. The number of thiophene rings is 1. The summed E-state index contributed by atoms with van der Waals surface area (Å²) in [6, 6.07) is 8.00. The van der Waals surface area contributed by atoms with Gasteiger partial charge in [0, 0.05) is 10.6 Å². The molecule has 1 aliphatic rings. The Balaban J connectivity index is 1.36. The molecule has 2 amide bonds. The van der Waals surface area contributed by atoms with Crippen molar-refractivity contribution in [1.82, 2.24) is 10.2 Å².